The molecule has 0 spiro atoms. The lowest BCUT2D eigenvalue weighted by Crippen LogP contribution is -2.46. The number of rotatable bonds is 2. The number of aromatic nitrogens is 1. The number of ether oxygens (including phenoxy) is 1. The zero-order valence-electron chi connectivity index (χ0n) is 11.6. The van der Waals surface area contributed by atoms with Gasteiger partial charge in [0.25, 0.3) is 0 Å². The molecule has 3 rings (SSSR count). The van der Waals surface area contributed by atoms with Crippen LogP contribution in [-0.2, 0) is 4.74 Å². The number of pyridine rings is 1. The first-order valence-corrected chi connectivity index (χ1v) is 7.63. The van der Waals surface area contributed by atoms with E-state index in [1.807, 2.05) is 24.1 Å². The van der Waals surface area contributed by atoms with Gasteiger partial charge in [-0.1, -0.05) is 17.7 Å². The van der Waals surface area contributed by atoms with E-state index in [0.717, 1.165) is 25.7 Å². The summed E-state index contributed by atoms with van der Waals surface area (Å²) in [6.07, 6.45) is 5.89. The summed E-state index contributed by atoms with van der Waals surface area (Å²) >= 11 is 5.84. The van der Waals surface area contributed by atoms with Gasteiger partial charge in [-0.15, -0.1) is 0 Å². The van der Waals surface area contributed by atoms with Crippen molar-refractivity contribution in [2.24, 2.45) is 0 Å². The van der Waals surface area contributed by atoms with E-state index in [0.29, 0.717) is 29.8 Å². The highest BCUT2D eigenvalue weighted by atomic mass is 35.5. The molecule has 1 unspecified atom stereocenters. The van der Waals surface area contributed by atoms with Crippen LogP contribution in [0, 0.1) is 0 Å². The Kier molecular flexibility index (Phi) is 3.83. The van der Waals surface area contributed by atoms with Gasteiger partial charge < -0.3 is 9.64 Å². The molecule has 4 nitrogen and oxygen atoms in total. The van der Waals surface area contributed by atoms with E-state index >= 15 is 0 Å². The molecule has 1 aromatic heterocycles. The SMILES string of the molecule is CCOC(=O)N1[C@@H]2CC[C@H]1CC(c1ccc(Cl)nc1)C2. The van der Waals surface area contributed by atoms with Gasteiger partial charge in [0.05, 0.1) is 6.61 Å². The average molecular weight is 295 g/mol. The molecule has 0 aromatic carbocycles. The van der Waals surface area contributed by atoms with Gasteiger partial charge in [-0.2, -0.15) is 0 Å². The zero-order valence-corrected chi connectivity index (χ0v) is 12.3. The minimum Gasteiger partial charge on any atom is -0.450 e. The number of nitrogens with zero attached hydrogens (tertiary/aromatic N) is 2. The molecular formula is C15H19ClN2O2. The maximum absolute atomic E-state index is 12.0. The normalized spacial score (nSPS) is 28.5. The first-order chi connectivity index (χ1) is 9.69. The van der Waals surface area contributed by atoms with E-state index < -0.39 is 0 Å². The predicted octanol–water partition coefficient (Wildman–Crippen LogP) is 3.60. The van der Waals surface area contributed by atoms with Crippen LogP contribution in [0.25, 0.3) is 0 Å². The summed E-state index contributed by atoms with van der Waals surface area (Å²) < 4.78 is 5.18. The van der Waals surface area contributed by atoms with Crippen molar-refractivity contribution in [2.45, 2.75) is 50.6 Å². The molecule has 1 amide bonds. The van der Waals surface area contributed by atoms with Gasteiger partial charge in [0.1, 0.15) is 5.15 Å². The maximum Gasteiger partial charge on any atom is 0.410 e. The first kappa shape index (κ1) is 13.7. The quantitative estimate of drug-likeness (QED) is 0.783. The van der Waals surface area contributed by atoms with Gasteiger partial charge in [-0.3, -0.25) is 0 Å². The van der Waals surface area contributed by atoms with Crippen LogP contribution in [0.4, 0.5) is 4.79 Å². The minimum atomic E-state index is -0.146. The van der Waals surface area contributed by atoms with Crippen molar-refractivity contribution in [3.8, 4) is 0 Å². The van der Waals surface area contributed by atoms with Crippen LogP contribution in [0.1, 0.15) is 44.1 Å². The van der Waals surface area contributed by atoms with E-state index in [1.165, 1.54) is 5.56 Å². The number of carbonyl (C=O) groups excluding carboxylic acids is 1. The molecule has 108 valence electrons. The fourth-order valence-electron chi connectivity index (χ4n) is 3.57. The van der Waals surface area contributed by atoms with Crippen LogP contribution in [0.3, 0.4) is 0 Å². The fraction of sp³-hybridized carbons (Fsp3) is 0.600. The Balaban J connectivity index is 1.73. The second-order valence-corrected chi connectivity index (χ2v) is 5.96. The molecule has 0 aliphatic carbocycles. The highest BCUT2D eigenvalue weighted by Crippen LogP contribution is 2.43. The average Bonchev–Trinajstić information content (AvgIpc) is 2.71. The molecular weight excluding hydrogens is 276 g/mol. The van der Waals surface area contributed by atoms with Crippen LogP contribution < -0.4 is 0 Å². The topological polar surface area (TPSA) is 42.4 Å². The Morgan fingerprint density at radius 1 is 1.40 bits per heavy atom. The van der Waals surface area contributed by atoms with Crippen molar-refractivity contribution in [1.82, 2.24) is 9.88 Å². The van der Waals surface area contributed by atoms with Crippen molar-refractivity contribution in [2.75, 3.05) is 6.61 Å². The van der Waals surface area contributed by atoms with Gasteiger partial charge >= 0.3 is 6.09 Å². The number of amides is 1. The Morgan fingerprint density at radius 3 is 2.65 bits per heavy atom. The van der Waals surface area contributed by atoms with Crippen molar-refractivity contribution in [1.29, 1.82) is 0 Å². The van der Waals surface area contributed by atoms with Crippen molar-refractivity contribution >= 4 is 17.7 Å². The van der Waals surface area contributed by atoms with Crippen molar-refractivity contribution in [3.63, 3.8) is 0 Å². The minimum absolute atomic E-state index is 0.146. The number of carbonyl (C=O) groups is 1. The number of halogens is 1. The van der Waals surface area contributed by atoms with Crippen LogP contribution in [0.5, 0.6) is 0 Å². The highest BCUT2D eigenvalue weighted by molar-refractivity contribution is 6.29. The van der Waals surface area contributed by atoms with Crippen molar-refractivity contribution < 1.29 is 9.53 Å². The monoisotopic (exact) mass is 294 g/mol. The summed E-state index contributed by atoms with van der Waals surface area (Å²) in [5.74, 6) is 0.475. The molecule has 3 heterocycles. The van der Waals surface area contributed by atoms with E-state index in [2.05, 4.69) is 11.1 Å². The summed E-state index contributed by atoms with van der Waals surface area (Å²) in [6, 6.07) is 4.53. The fourth-order valence-corrected chi connectivity index (χ4v) is 3.69. The molecule has 2 aliphatic heterocycles. The first-order valence-electron chi connectivity index (χ1n) is 7.25. The lowest BCUT2D eigenvalue weighted by atomic mass is 9.86. The number of hydrogen-bond donors (Lipinski definition) is 0. The second-order valence-electron chi connectivity index (χ2n) is 5.57. The number of piperidine rings is 1. The Bertz CT molecular complexity index is 477. The summed E-state index contributed by atoms with van der Waals surface area (Å²) in [7, 11) is 0. The maximum atomic E-state index is 12.0. The predicted molar refractivity (Wildman–Crippen MR) is 76.9 cm³/mol. The van der Waals surface area contributed by atoms with Crippen LogP contribution in [0.15, 0.2) is 18.3 Å². The van der Waals surface area contributed by atoms with E-state index in [1.54, 1.807) is 0 Å². The summed E-state index contributed by atoms with van der Waals surface area (Å²) in [6.45, 7) is 2.30. The largest absolute Gasteiger partial charge is 0.450 e. The van der Waals surface area contributed by atoms with E-state index in [4.69, 9.17) is 16.3 Å². The highest BCUT2D eigenvalue weighted by Gasteiger charge is 2.44. The number of fused-ring (bicyclic) bond motifs is 2. The lowest BCUT2D eigenvalue weighted by molar-refractivity contribution is 0.0690. The Hall–Kier alpha value is -1.29. The smallest absolute Gasteiger partial charge is 0.410 e. The van der Waals surface area contributed by atoms with Crippen molar-refractivity contribution in [3.05, 3.63) is 29.0 Å². The van der Waals surface area contributed by atoms with Crippen LogP contribution >= 0.6 is 11.6 Å². The molecule has 5 heteroatoms. The standard InChI is InChI=1S/C15H19ClN2O2/c1-2-20-15(19)18-12-4-5-13(18)8-11(7-12)10-3-6-14(16)17-9-10/h3,6,9,11-13H,2,4-5,7-8H2,1H3/t11?,12-,13+. The molecule has 20 heavy (non-hydrogen) atoms. The number of hydrogen-bond acceptors (Lipinski definition) is 3. The molecule has 0 radical (unpaired) electrons. The molecule has 2 bridgehead atoms. The molecule has 2 saturated heterocycles. The van der Waals surface area contributed by atoms with Gasteiger partial charge in [0.2, 0.25) is 0 Å². The van der Waals surface area contributed by atoms with Gasteiger partial charge in [-0.25, -0.2) is 9.78 Å². The second kappa shape index (κ2) is 5.60. The molecule has 0 N–H and O–H groups in total. The molecule has 0 saturated carbocycles. The third-order valence-electron chi connectivity index (χ3n) is 4.43. The summed E-state index contributed by atoms with van der Waals surface area (Å²) in [4.78, 5) is 18.2. The van der Waals surface area contributed by atoms with E-state index in [9.17, 15) is 4.79 Å². The van der Waals surface area contributed by atoms with Crippen LogP contribution in [-0.4, -0.2) is 34.7 Å². The molecule has 2 aliphatic rings. The molecule has 3 atom stereocenters. The summed E-state index contributed by atoms with van der Waals surface area (Å²) in [5, 5.41) is 0.528. The Labute approximate surface area is 124 Å². The van der Waals surface area contributed by atoms with Gasteiger partial charge in [0, 0.05) is 18.3 Å². The lowest BCUT2D eigenvalue weighted by Gasteiger charge is -2.38. The Morgan fingerprint density at radius 2 is 2.10 bits per heavy atom. The third-order valence-corrected chi connectivity index (χ3v) is 4.66. The molecule has 1 aromatic rings. The van der Waals surface area contributed by atoms with Crippen LogP contribution in [0.2, 0.25) is 5.15 Å². The van der Waals surface area contributed by atoms with Gasteiger partial charge in [-0.05, 0) is 50.2 Å². The summed E-state index contributed by atoms with van der Waals surface area (Å²) in [5.41, 5.74) is 1.23. The zero-order chi connectivity index (χ0) is 14.1. The third kappa shape index (κ3) is 2.49. The van der Waals surface area contributed by atoms with Gasteiger partial charge in [0.15, 0.2) is 0 Å². The van der Waals surface area contributed by atoms with E-state index in [-0.39, 0.29) is 6.09 Å². The molecule has 2 fully saturated rings.